The second-order valence-corrected chi connectivity index (χ2v) is 8.09. The molecule has 0 fully saturated rings. The summed E-state index contributed by atoms with van der Waals surface area (Å²) in [7, 11) is 1.59. The van der Waals surface area contributed by atoms with Gasteiger partial charge in [-0.3, -0.25) is 9.36 Å². The molecule has 168 valence electrons. The number of carbonyl (C=O) groups is 1. The summed E-state index contributed by atoms with van der Waals surface area (Å²) in [4.78, 5) is 12.4. The molecule has 0 aliphatic heterocycles. The number of hydrogen-bond donors (Lipinski definition) is 1. The lowest BCUT2D eigenvalue weighted by Crippen LogP contribution is -2.15. The number of nitrogens with one attached hydrogen (secondary N) is 1. The molecule has 9 heteroatoms. The highest BCUT2D eigenvalue weighted by Crippen LogP contribution is 2.33. The number of methoxy groups -OCH3 is 1. The number of para-hydroxylation sites is 1. The minimum Gasteiger partial charge on any atom is -0.496 e. The van der Waals surface area contributed by atoms with Crippen LogP contribution in [0, 0.1) is 18.6 Å². The quantitative estimate of drug-likeness (QED) is 0.376. The zero-order valence-corrected chi connectivity index (χ0v) is 18.7. The number of ether oxygens (including phenoxy) is 1. The van der Waals surface area contributed by atoms with Crippen LogP contribution in [0.25, 0.3) is 17.1 Å². The van der Waals surface area contributed by atoms with Gasteiger partial charge in [0.15, 0.2) is 22.6 Å². The molecule has 0 aliphatic carbocycles. The second kappa shape index (κ2) is 9.83. The Kier molecular flexibility index (Phi) is 6.69. The Labute approximate surface area is 193 Å². The first-order valence-electron chi connectivity index (χ1n) is 10.00. The number of halogens is 2. The van der Waals surface area contributed by atoms with Crippen molar-refractivity contribution >= 4 is 23.4 Å². The van der Waals surface area contributed by atoms with Gasteiger partial charge in [-0.15, -0.1) is 10.2 Å². The molecule has 3 aromatic carbocycles. The summed E-state index contributed by atoms with van der Waals surface area (Å²) in [6, 6.07) is 18.5. The van der Waals surface area contributed by atoms with Gasteiger partial charge >= 0.3 is 0 Å². The van der Waals surface area contributed by atoms with Crippen molar-refractivity contribution in [2.24, 2.45) is 0 Å². The van der Waals surface area contributed by atoms with Crippen LogP contribution < -0.4 is 10.1 Å². The lowest BCUT2D eigenvalue weighted by atomic mass is 10.1. The fourth-order valence-corrected chi connectivity index (χ4v) is 3.95. The molecular formula is C24H20F2N4O2S. The van der Waals surface area contributed by atoms with Gasteiger partial charge in [-0.25, -0.2) is 8.78 Å². The van der Waals surface area contributed by atoms with Gasteiger partial charge in [0.25, 0.3) is 0 Å². The molecule has 1 N–H and O–H groups in total. The molecule has 1 amide bonds. The fourth-order valence-electron chi connectivity index (χ4n) is 3.19. The molecule has 4 aromatic rings. The third kappa shape index (κ3) is 5.04. The number of hydrogen-bond acceptors (Lipinski definition) is 5. The van der Waals surface area contributed by atoms with Crippen LogP contribution in [0.5, 0.6) is 5.75 Å². The number of nitrogens with zero attached hydrogens (tertiary/aromatic N) is 3. The molecule has 0 radical (unpaired) electrons. The predicted octanol–water partition coefficient (Wildman–Crippen LogP) is 5.26. The van der Waals surface area contributed by atoms with Gasteiger partial charge in [-0.1, -0.05) is 41.6 Å². The molecule has 0 saturated carbocycles. The van der Waals surface area contributed by atoms with Gasteiger partial charge in [-0.05, 0) is 43.3 Å². The van der Waals surface area contributed by atoms with Gasteiger partial charge in [0.1, 0.15) is 5.75 Å². The monoisotopic (exact) mass is 466 g/mol. The van der Waals surface area contributed by atoms with Crippen molar-refractivity contribution in [3.63, 3.8) is 0 Å². The van der Waals surface area contributed by atoms with E-state index in [0.29, 0.717) is 16.7 Å². The number of aromatic nitrogens is 3. The lowest BCUT2D eigenvalue weighted by Gasteiger charge is -2.13. The average molecular weight is 467 g/mol. The van der Waals surface area contributed by atoms with Crippen molar-refractivity contribution in [2.75, 3.05) is 18.2 Å². The summed E-state index contributed by atoms with van der Waals surface area (Å²) in [5.74, 6) is -1.18. The van der Waals surface area contributed by atoms with Crippen molar-refractivity contribution in [2.45, 2.75) is 12.1 Å². The average Bonchev–Trinajstić information content (AvgIpc) is 3.24. The Morgan fingerprint density at radius 2 is 1.79 bits per heavy atom. The van der Waals surface area contributed by atoms with Crippen molar-refractivity contribution in [1.29, 1.82) is 0 Å². The highest BCUT2D eigenvalue weighted by Gasteiger charge is 2.20. The normalized spacial score (nSPS) is 10.8. The van der Waals surface area contributed by atoms with Crippen molar-refractivity contribution < 1.29 is 18.3 Å². The van der Waals surface area contributed by atoms with E-state index < -0.39 is 11.6 Å². The maximum absolute atomic E-state index is 13.4. The van der Waals surface area contributed by atoms with Gasteiger partial charge in [0, 0.05) is 17.4 Å². The Bertz CT molecular complexity index is 1290. The molecule has 4 rings (SSSR count). The smallest absolute Gasteiger partial charge is 0.234 e. The molecule has 33 heavy (non-hydrogen) atoms. The van der Waals surface area contributed by atoms with Crippen molar-refractivity contribution in [3.8, 4) is 22.8 Å². The molecular weight excluding hydrogens is 446 g/mol. The van der Waals surface area contributed by atoms with Gasteiger partial charge < -0.3 is 10.1 Å². The van der Waals surface area contributed by atoms with Gasteiger partial charge in [0.2, 0.25) is 5.91 Å². The molecule has 0 aliphatic rings. The van der Waals surface area contributed by atoms with Gasteiger partial charge in [0.05, 0.1) is 18.4 Å². The summed E-state index contributed by atoms with van der Waals surface area (Å²) in [5, 5.41) is 11.7. The molecule has 0 bridgehead atoms. The number of aryl methyl sites for hydroxylation is 1. The molecule has 0 spiro atoms. The maximum atomic E-state index is 13.4. The van der Waals surface area contributed by atoms with Gasteiger partial charge in [-0.2, -0.15) is 0 Å². The van der Waals surface area contributed by atoms with E-state index >= 15 is 0 Å². The summed E-state index contributed by atoms with van der Waals surface area (Å²) < 4.78 is 33.9. The number of benzene rings is 3. The predicted molar refractivity (Wildman–Crippen MR) is 124 cm³/mol. The highest BCUT2D eigenvalue weighted by molar-refractivity contribution is 7.99. The fraction of sp³-hybridized carbons (Fsp3) is 0.125. The topological polar surface area (TPSA) is 69.0 Å². The Hall–Kier alpha value is -3.72. The van der Waals surface area contributed by atoms with Crippen LogP contribution >= 0.6 is 11.8 Å². The number of anilines is 1. The Balaban J connectivity index is 1.62. The van der Waals surface area contributed by atoms with Crippen molar-refractivity contribution in [1.82, 2.24) is 14.8 Å². The van der Waals surface area contributed by atoms with Crippen molar-refractivity contribution in [3.05, 3.63) is 83.9 Å². The number of rotatable bonds is 7. The largest absolute Gasteiger partial charge is 0.496 e. The Morgan fingerprint density at radius 1 is 1.03 bits per heavy atom. The highest BCUT2D eigenvalue weighted by atomic mass is 32.2. The van der Waals surface area contributed by atoms with Crippen LogP contribution in [0.1, 0.15) is 5.56 Å². The first-order chi connectivity index (χ1) is 16.0. The molecule has 0 atom stereocenters. The van der Waals surface area contributed by atoms with E-state index in [-0.39, 0.29) is 17.3 Å². The van der Waals surface area contributed by atoms with Crippen LogP contribution in [0.3, 0.4) is 0 Å². The minimum absolute atomic E-state index is 0.00504. The van der Waals surface area contributed by atoms with E-state index in [4.69, 9.17) is 4.74 Å². The molecule has 1 aromatic heterocycles. The molecule has 0 saturated heterocycles. The number of thioether (sulfide) groups is 1. The number of amides is 1. The second-order valence-electron chi connectivity index (χ2n) is 7.14. The minimum atomic E-state index is -1.03. The van der Waals surface area contributed by atoms with E-state index in [9.17, 15) is 13.6 Å². The van der Waals surface area contributed by atoms with Crippen LogP contribution in [-0.4, -0.2) is 33.5 Å². The van der Waals surface area contributed by atoms with Crippen LogP contribution in [-0.2, 0) is 4.79 Å². The summed E-state index contributed by atoms with van der Waals surface area (Å²) >= 11 is 1.18. The maximum Gasteiger partial charge on any atom is 0.234 e. The Morgan fingerprint density at radius 3 is 2.52 bits per heavy atom. The van der Waals surface area contributed by atoms with Crippen LogP contribution in [0.2, 0.25) is 0 Å². The third-order valence-electron chi connectivity index (χ3n) is 4.81. The molecule has 6 nitrogen and oxygen atoms in total. The van der Waals surface area contributed by atoms with Crippen LogP contribution in [0.4, 0.5) is 14.5 Å². The standard InChI is InChI=1S/C24H20F2N4O2S/c1-15-7-10-17(11-8-15)30-23(18-5-3-4-6-21(18)32-2)28-29-24(30)33-14-22(31)27-16-9-12-19(25)20(26)13-16/h3-13H,14H2,1-2H3,(H,27,31). The van der Waals surface area contributed by atoms with E-state index in [2.05, 4.69) is 15.5 Å². The molecule has 0 unspecified atom stereocenters. The zero-order valence-electron chi connectivity index (χ0n) is 17.9. The molecule has 1 heterocycles. The van der Waals surface area contributed by atoms with E-state index in [1.165, 1.54) is 17.8 Å². The third-order valence-corrected chi connectivity index (χ3v) is 5.74. The number of carbonyl (C=O) groups excluding carboxylic acids is 1. The summed E-state index contributed by atoms with van der Waals surface area (Å²) in [6.07, 6.45) is 0. The lowest BCUT2D eigenvalue weighted by molar-refractivity contribution is -0.113. The van der Waals surface area contributed by atoms with Crippen LogP contribution in [0.15, 0.2) is 71.9 Å². The summed E-state index contributed by atoms with van der Waals surface area (Å²) in [6.45, 7) is 2.00. The SMILES string of the molecule is COc1ccccc1-c1nnc(SCC(=O)Nc2ccc(F)c(F)c2)n1-c1ccc(C)cc1. The van der Waals surface area contributed by atoms with E-state index in [1.54, 1.807) is 7.11 Å². The first kappa shape index (κ1) is 22.5. The van der Waals surface area contributed by atoms with E-state index in [0.717, 1.165) is 28.9 Å². The zero-order chi connectivity index (χ0) is 23.4. The first-order valence-corrected chi connectivity index (χ1v) is 11.0. The van der Waals surface area contributed by atoms with E-state index in [1.807, 2.05) is 60.0 Å². The summed E-state index contributed by atoms with van der Waals surface area (Å²) in [5.41, 5.74) is 2.86.